The Balaban J connectivity index is 0.00000220. The Bertz CT molecular complexity index is 514. The summed E-state index contributed by atoms with van der Waals surface area (Å²) in [6.07, 6.45) is -1.95. The number of nitrogens with one attached hydrogen (secondary N) is 1. The van der Waals surface area contributed by atoms with Crippen LogP contribution in [0.3, 0.4) is 0 Å². The van der Waals surface area contributed by atoms with Crippen molar-refractivity contribution in [1.82, 2.24) is 0 Å². The molecular weight excluding hydrogens is 395 g/mol. The first kappa shape index (κ1) is 17.7. The van der Waals surface area contributed by atoms with E-state index in [-0.39, 0.29) is 36.0 Å². The van der Waals surface area contributed by atoms with Gasteiger partial charge in [-0.05, 0) is 18.6 Å². The SMILES string of the molecule is COc1ccc(NC(N)=N[C@H]2C[C@@H]2C(F)F)cc1OC.I. The quantitative estimate of drug-likeness (QED) is 0.443. The van der Waals surface area contributed by atoms with E-state index in [1.54, 1.807) is 25.3 Å². The largest absolute Gasteiger partial charge is 0.493 e. The topological polar surface area (TPSA) is 68.9 Å². The number of nitrogens with zero attached hydrogens (tertiary/aromatic N) is 1. The molecule has 0 saturated heterocycles. The second-order valence-corrected chi connectivity index (χ2v) is 4.51. The molecule has 1 aromatic carbocycles. The fourth-order valence-corrected chi connectivity index (χ4v) is 1.89. The van der Waals surface area contributed by atoms with Crippen LogP contribution in [0.25, 0.3) is 0 Å². The number of aliphatic imine (C=N–C) groups is 1. The number of hydrogen-bond acceptors (Lipinski definition) is 3. The Morgan fingerprint density at radius 2 is 2.00 bits per heavy atom. The van der Waals surface area contributed by atoms with Crippen molar-refractivity contribution in [1.29, 1.82) is 0 Å². The molecule has 0 bridgehead atoms. The Hall–Kier alpha value is -1.32. The van der Waals surface area contributed by atoms with Crippen molar-refractivity contribution >= 4 is 35.6 Å². The molecule has 0 aliphatic heterocycles. The highest BCUT2D eigenvalue weighted by molar-refractivity contribution is 14.0. The summed E-state index contributed by atoms with van der Waals surface area (Å²) in [5.74, 6) is 0.585. The molecule has 0 aromatic heterocycles. The first-order chi connectivity index (χ1) is 9.55. The van der Waals surface area contributed by atoms with Crippen LogP contribution >= 0.6 is 24.0 Å². The average molecular weight is 413 g/mol. The van der Waals surface area contributed by atoms with Crippen LogP contribution < -0.4 is 20.5 Å². The highest BCUT2D eigenvalue weighted by Crippen LogP contribution is 2.39. The van der Waals surface area contributed by atoms with E-state index >= 15 is 0 Å². The zero-order valence-electron chi connectivity index (χ0n) is 11.7. The lowest BCUT2D eigenvalue weighted by atomic mass is 10.3. The summed E-state index contributed by atoms with van der Waals surface area (Å²) in [6, 6.07) is 4.76. The number of alkyl halides is 2. The molecule has 1 aliphatic rings. The molecule has 8 heteroatoms. The number of anilines is 1. The lowest BCUT2D eigenvalue weighted by molar-refractivity contribution is 0.121. The predicted octanol–water partition coefficient (Wildman–Crippen LogP) is 2.70. The van der Waals surface area contributed by atoms with E-state index in [2.05, 4.69) is 10.3 Å². The normalized spacial score (nSPS) is 20.7. The highest BCUT2D eigenvalue weighted by atomic mass is 127. The summed E-state index contributed by atoms with van der Waals surface area (Å²) in [4.78, 5) is 4.02. The number of hydrogen-bond donors (Lipinski definition) is 2. The van der Waals surface area contributed by atoms with Gasteiger partial charge in [0.05, 0.1) is 20.3 Å². The molecule has 0 radical (unpaired) electrons. The molecule has 2 atom stereocenters. The second-order valence-electron chi connectivity index (χ2n) is 4.51. The Morgan fingerprint density at radius 1 is 1.33 bits per heavy atom. The van der Waals surface area contributed by atoms with Crippen LogP contribution in [-0.2, 0) is 0 Å². The van der Waals surface area contributed by atoms with Crippen LogP contribution in [0.2, 0.25) is 0 Å². The third-order valence-electron chi connectivity index (χ3n) is 3.09. The molecule has 1 aliphatic carbocycles. The van der Waals surface area contributed by atoms with Gasteiger partial charge in [-0.15, -0.1) is 24.0 Å². The first-order valence-corrected chi connectivity index (χ1v) is 6.15. The van der Waals surface area contributed by atoms with Gasteiger partial charge in [-0.3, -0.25) is 0 Å². The average Bonchev–Trinajstić information content (AvgIpc) is 3.17. The van der Waals surface area contributed by atoms with Crippen LogP contribution in [0.4, 0.5) is 14.5 Å². The molecule has 1 saturated carbocycles. The number of benzene rings is 1. The van der Waals surface area contributed by atoms with Gasteiger partial charge in [-0.25, -0.2) is 13.8 Å². The number of ether oxygens (including phenoxy) is 2. The number of rotatable bonds is 5. The molecule has 0 spiro atoms. The van der Waals surface area contributed by atoms with Crippen LogP contribution in [-0.4, -0.2) is 32.6 Å². The Labute approximate surface area is 138 Å². The molecular formula is C13H18F2IN3O2. The number of methoxy groups -OCH3 is 2. The molecule has 1 fully saturated rings. The molecule has 3 N–H and O–H groups in total. The third kappa shape index (κ3) is 4.58. The van der Waals surface area contributed by atoms with Crippen molar-refractivity contribution in [2.24, 2.45) is 16.6 Å². The van der Waals surface area contributed by atoms with Gasteiger partial charge < -0.3 is 20.5 Å². The molecule has 0 unspecified atom stereocenters. The lowest BCUT2D eigenvalue weighted by Crippen LogP contribution is -2.23. The monoisotopic (exact) mass is 413 g/mol. The number of guanidine groups is 1. The highest BCUT2D eigenvalue weighted by Gasteiger charge is 2.44. The maximum atomic E-state index is 12.4. The Morgan fingerprint density at radius 3 is 2.52 bits per heavy atom. The minimum Gasteiger partial charge on any atom is -0.493 e. The van der Waals surface area contributed by atoms with Crippen LogP contribution in [0.15, 0.2) is 23.2 Å². The smallest absolute Gasteiger partial charge is 0.243 e. The third-order valence-corrected chi connectivity index (χ3v) is 3.09. The lowest BCUT2D eigenvalue weighted by Gasteiger charge is -2.10. The van der Waals surface area contributed by atoms with E-state index < -0.39 is 12.3 Å². The first-order valence-electron chi connectivity index (χ1n) is 6.15. The summed E-state index contributed by atoms with van der Waals surface area (Å²) < 4.78 is 35.0. The number of nitrogens with two attached hydrogens (primary N) is 1. The summed E-state index contributed by atoms with van der Waals surface area (Å²) in [7, 11) is 3.06. The fraction of sp³-hybridized carbons (Fsp3) is 0.462. The van der Waals surface area contributed by atoms with E-state index in [9.17, 15) is 8.78 Å². The van der Waals surface area contributed by atoms with Gasteiger partial charge in [0.25, 0.3) is 0 Å². The van der Waals surface area contributed by atoms with E-state index in [1.165, 1.54) is 7.11 Å². The Kier molecular flexibility index (Phi) is 6.43. The minimum absolute atomic E-state index is 0. The van der Waals surface area contributed by atoms with Crippen molar-refractivity contribution in [2.45, 2.75) is 18.9 Å². The van der Waals surface area contributed by atoms with Crippen molar-refractivity contribution in [3.05, 3.63) is 18.2 Å². The standard InChI is InChI=1S/C13H17F2N3O2.HI/c1-19-10-4-3-7(5-11(10)20-2)17-13(16)18-9-6-8(9)12(14)15;/h3-5,8-9,12H,6H2,1-2H3,(H3,16,17,18);1H/t8-,9-;/m0./s1. The molecule has 1 aromatic rings. The summed E-state index contributed by atoms with van der Waals surface area (Å²) in [5.41, 5.74) is 6.34. The van der Waals surface area contributed by atoms with Gasteiger partial charge in [-0.2, -0.15) is 0 Å². The van der Waals surface area contributed by atoms with E-state index in [0.29, 0.717) is 23.6 Å². The van der Waals surface area contributed by atoms with Crippen molar-refractivity contribution in [3.63, 3.8) is 0 Å². The molecule has 0 amide bonds. The predicted molar refractivity (Wildman–Crippen MR) is 88.1 cm³/mol. The van der Waals surface area contributed by atoms with Gasteiger partial charge >= 0.3 is 0 Å². The van der Waals surface area contributed by atoms with E-state index in [0.717, 1.165) is 0 Å². The van der Waals surface area contributed by atoms with Crippen LogP contribution in [0.5, 0.6) is 11.5 Å². The van der Waals surface area contributed by atoms with E-state index in [1.807, 2.05) is 0 Å². The van der Waals surface area contributed by atoms with Gasteiger partial charge in [0, 0.05) is 17.7 Å². The van der Waals surface area contributed by atoms with Gasteiger partial charge in [0.15, 0.2) is 17.5 Å². The van der Waals surface area contributed by atoms with Crippen molar-refractivity contribution < 1.29 is 18.3 Å². The van der Waals surface area contributed by atoms with Crippen LogP contribution in [0.1, 0.15) is 6.42 Å². The fourth-order valence-electron chi connectivity index (χ4n) is 1.89. The van der Waals surface area contributed by atoms with Crippen molar-refractivity contribution in [2.75, 3.05) is 19.5 Å². The van der Waals surface area contributed by atoms with Gasteiger partial charge in [0.2, 0.25) is 6.43 Å². The maximum Gasteiger partial charge on any atom is 0.243 e. The van der Waals surface area contributed by atoms with Crippen molar-refractivity contribution in [3.8, 4) is 11.5 Å². The number of halogens is 3. The zero-order valence-corrected chi connectivity index (χ0v) is 14.0. The summed E-state index contributed by atoms with van der Waals surface area (Å²) in [6.45, 7) is 0. The van der Waals surface area contributed by atoms with E-state index in [4.69, 9.17) is 15.2 Å². The van der Waals surface area contributed by atoms with Gasteiger partial charge in [0.1, 0.15) is 0 Å². The second kappa shape index (κ2) is 7.62. The zero-order chi connectivity index (χ0) is 14.7. The van der Waals surface area contributed by atoms with Crippen LogP contribution in [0, 0.1) is 5.92 Å². The molecule has 21 heavy (non-hydrogen) atoms. The molecule has 118 valence electrons. The molecule has 2 rings (SSSR count). The summed E-state index contributed by atoms with van der Waals surface area (Å²) >= 11 is 0. The summed E-state index contributed by atoms with van der Waals surface area (Å²) in [5, 5.41) is 2.85. The molecule has 5 nitrogen and oxygen atoms in total. The maximum absolute atomic E-state index is 12.4. The van der Waals surface area contributed by atoms with Gasteiger partial charge in [-0.1, -0.05) is 0 Å². The molecule has 0 heterocycles. The minimum atomic E-state index is -2.34.